The molecule has 0 bridgehead atoms. The molecule has 2 aliphatic rings. The molecule has 0 radical (unpaired) electrons. The van der Waals surface area contributed by atoms with E-state index in [0.29, 0.717) is 6.10 Å². The first-order valence-corrected chi connectivity index (χ1v) is 8.99. The summed E-state index contributed by atoms with van der Waals surface area (Å²) < 4.78 is 13.8. The number of aryl methyl sites for hydroxylation is 1. The first-order chi connectivity index (χ1) is 11.3. The summed E-state index contributed by atoms with van der Waals surface area (Å²) in [7, 11) is 0. The fourth-order valence-electron chi connectivity index (χ4n) is 3.43. The Bertz CT molecular complexity index is 459. The van der Waals surface area contributed by atoms with E-state index in [-0.39, 0.29) is 0 Å². The Labute approximate surface area is 139 Å². The van der Waals surface area contributed by atoms with E-state index in [1.807, 2.05) is 6.20 Å². The van der Waals surface area contributed by atoms with E-state index >= 15 is 0 Å². The zero-order valence-electron chi connectivity index (χ0n) is 14.3. The van der Waals surface area contributed by atoms with Crippen LogP contribution >= 0.6 is 0 Å². The summed E-state index contributed by atoms with van der Waals surface area (Å²) in [4.78, 5) is 9.53. The molecule has 6 nitrogen and oxygen atoms in total. The molecule has 1 atom stereocenters. The number of rotatable bonds is 6. The van der Waals surface area contributed by atoms with E-state index in [2.05, 4.69) is 32.5 Å². The second kappa shape index (κ2) is 8.78. The van der Waals surface area contributed by atoms with Gasteiger partial charge >= 0.3 is 0 Å². The van der Waals surface area contributed by atoms with Crippen LogP contribution in [0.25, 0.3) is 0 Å². The Hall–Kier alpha value is -0.950. The van der Waals surface area contributed by atoms with Crippen LogP contribution in [0.4, 0.5) is 0 Å². The number of nitrogens with zero attached hydrogens (tertiary/aromatic N) is 4. The Kier molecular flexibility index (Phi) is 6.45. The van der Waals surface area contributed by atoms with Gasteiger partial charge in [-0.25, -0.2) is 4.98 Å². The zero-order valence-corrected chi connectivity index (χ0v) is 14.3. The van der Waals surface area contributed by atoms with Gasteiger partial charge in [0.2, 0.25) is 0 Å². The van der Waals surface area contributed by atoms with Crippen LogP contribution in [0.1, 0.15) is 25.6 Å². The average Bonchev–Trinajstić information content (AvgIpc) is 2.87. The standard InChI is InChI=1S/C17H30N4O2/c1-2-5-21-7-4-18-17(21)15-20-6-3-10-23-16(14-20)13-19-8-11-22-12-9-19/h4,7,16H,2-3,5-6,8-15H2,1H3. The minimum atomic E-state index is 0.296. The molecule has 3 heterocycles. The summed E-state index contributed by atoms with van der Waals surface area (Å²) >= 11 is 0. The van der Waals surface area contributed by atoms with Crippen LogP contribution in [-0.4, -0.2) is 78.0 Å². The van der Waals surface area contributed by atoms with Crippen LogP contribution in [-0.2, 0) is 22.6 Å². The van der Waals surface area contributed by atoms with Crippen LogP contribution in [0.15, 0.2) is 12.4 Å². The highest BCUT2D eigenvalue weighted by Gasteiger charge is 2.23. The molecule has 2 fully saturated rings. The van der Waals surface area contributed by atoms with Gasteiger partial charge in [0.1, 0.15) is 5.82 Å². The van der Waals surface area contributed by atoms with Gasteiger partial charge in [0.15, 0.2) is 0 Å². The molecule has 130 valence electrons. The lowest BCUT2D eigenvalue weighted by atomic mass is 10.2. The van der Waals surface area contributed by atoms with Crippen molar-refractivity contribution in [3.8, 4) is 0 Å². The Morgan fingerprint density at radius 3 is 2.87 bits per heavy atom. The van der Waals surface area contributed by atoms with Crippen LogP contribution in [0.5, 0.6) is 0 Å². The van der Waals surface area contributed by atoms with E-state index in [4.69, 9.17) is 9.47 Å². The number of imidazole rings is 1. The van der Waals surface area contributed by atoms with E-state index in [0.717, 1.165) is 78.5 Å². The summed E-state index contributed by atoms with van der Waals surface area (Å²) in [5, 5.41) is 0. The first-order valence-electron chi connectivity index (χ1n) is 8.99. The molecular weight excluding hydrogens is 292 g/mol. The predicted octanol–water partition coefficient (Wildman–Crippen LogP) is 1.22. The lowest BCUT2D eigenvalue weighted by Gasteiger charge is -2.31. The van der Waals surface area contributed by atoms with Gasteiger partial charge in [-0.3, -0.25) is 9.80 Å². The van der Waals surface area contributed by atoms with Gasteiger partial charge < -0.3 is 14.0 Å². The molecule has 0 amide bonds. The van der Waals surface area contributed by atoms with Crippen molar-refractivity contribution >= 4 is 0 Å². The van der Waals surface area contributed by atoms with Crippen molar-refractivity contribution in [2.45, 2.75) is 39.0 Å². The number of ether oxygens (including phenoxy) is 2. The highest BCUT2D eigenvalue weighted by Crippen LogP contribution is 2.12. The van der Waals surface area contributed by atoms with Gasteiger partial charge in [-0.1, -0.05) is 6.92 Å². The SMILES string of the molecule is CCCn1ccnc1CN1CCCOC(CN2CCOCC2)C1. The van der Waals surface area contributed by atoms with Gasteiger partial charge in [0.25, 0.3) is 0 Å². The van der Waals surface area contributed by atoms with Gasteiger partial charge in [0.05, 0.1) is 25.9 Å². The average molecular weight is 322 g/mol. The summed E-state index contributed by atoms with van der Waals surface area (Å²) in [6.07, 6.45) is 6.56. The van der Waals surface area contributed by atoms with Crippen LogP contribution in [0.3, 0.4) is 0 Å². The van der Waals surface area contributed by atoms with E-state index < -0.39 is 0 Å². The zero-order chi connectivity index (χ0) is 15.9. The maximum absolute atomic E-state index is 6.08. The molecule has 3 rings (SSSR count). The monoisotopic (exact) mass is 322 g/mol. The Balaban J connectivity index is 1.54. The number of morpholine rings is 1. The number of hydrogen-bond donors (Lipinski definition) is 0. The summed E-state index contributed by atoms with van der Waals surface area (Å²) in [5.74, 6) is 1.18. The van der Waals surface area contributed by atoms with Crippen LogP contribution < -0.4 is 0 Å². The molecular formula is C17H30N4O2. The quantitative estimate of drug-likeness (QED) is 0.788. The molecule has 1 aromatic heterocycles. The lowest BCUT2D eigenvalue weighted by Crippen LogP contribution is -2.44. The first kappa shape index (κ1) is 16.9. The smallest absolute Gasteiger partial charge is 0.122 e. The minimum Gasteiger partial charge on any atom is -0.379 e. The van der Waals surface area contributed by atoms with Crippen molar-refractivity contribution in [2.75, 3.05) is 52.5 Å². The Morgan fingerprint density at radius 1 is 1.17 bits per heavy atom. The summed E-state index contributed by atoms with van der Waals surface area (Å²) in [6.45, 7) is 11.9. The highest BCUT2D eigenvalue weighted by atomic mass is 16.5. The number of hydrogen-bond acceptors (Lipinski definition) is 5. The molecule has 0 N–H and O–H groups in total. The summed E-state index contributed by atoms with van der Waals surface area (Å²) in [5.41, 5.74) is 0. The van der Waals surface area contributed by atoms with E-state index in [1.165, 1.54) is 5.82 Å². The largest absolute Gasteiger partial charge is 0.379 e. The molecule has 23 heavy (non-hydrogen) atoms. The molecule has 1 unspecified atom stereocenters. The highest BCUT2D eigenvalue weighted by molar-refractivity contribution is 4.93. The predicted molar refractivity (Wildman–Crippen MR) is 89.4 cm³/mol. The molecule has 0 spiro atoms. The maximum Gasteiger partial charge on any atom is 0.122 e. The van der Waals surface area contributed by atoms with Crippen molar-refractivity contribution in [3.63, 3.8) is 0 Å². The molecule has 1 aromatic rings. The third-order valence-corrected chi connectivity index (χ3v) is 4.63. The van der Waals surface area contributed by atoms with Crippen LogP contribution in [0, 0.1) is 0 Å². The number of aromatic nitrogens is 2. The van der Waals surface area contributed by atoms with E-state index in [1.54, 1.807) is 0 Å². The molecule has 2 saturated heterocycles. The van der Waals surface area contributed by atoms with Gasteiger partial charge in [0, 0.05) is 58.3 Å². The molecule has 0 saturated carbocycles. The second-order valence-corrected chi connectivity index (χ2v) is 6.53. The van der Waals surface area contributed by atoms with Gasteiger partial charge in [-0.2, -0.15) is 0 Å². The van der Waals surface area contributed by atoms with Gasteiger partial charge in [-0.15, -0.1) is 0 Å². The summed E-state index contributed by atoms with van der Waals surface area (Å²) in [6, 6.07) is 0. The van der Waals surface area contributed by atoms with Crippen molar-refractivity contribution in [2.24, 2.45) is 0 Å². The topological polar surface area (TPSA) is 42.8 Å². The minimum absolute atomic E-state index is 0.296. The van der Waals surface area contributed by atoms with Crippen molar-refractivity contribution in [1.29, 1.82) is 0 Å². The third-order valence-electron chi connectivity index (χ3n) is 4.63. The molecule has 6 heteroatoms. The maximum atomic E-state index is 6.08. The van der Waals surface area contributed by atoms with Crippen molar-refractivity contribution in [1.82, 2.24) is 19.4 Å². The van der Waals surface area contributed by atoms with Crippen LogP contribution in [0.2, 0.25) is 0 Å². The second-order valence-electron chi connectivity index (χ2n) is 6.53. The lowest BCUT2D eigenvalue weighted by molar-refractivity contribution is -0.0124. The fourth-order valence-corrected chi connectivity index (χ4v) is 3.43. The molecule has 2 aliphatic heterocycles. The third kappa shape index (κ3) is 5.01. The van der Waals surface area contributed by atoms with Gasteiger partial charge in [-0.05, 0) is 12.8 Å². The van der Waals surface area contributed by atoms with Crippen molar-refractivity contribution in [3.05, 3.63) is 18.2 Å². The fraction of sp³-hybridized carbons (Fsp3) is 0.824. The molecule has 0 aliphatic carbocycles. The Morgan fingerprint density at radius 2 is 2.04 bits per heavy atom. The molecule has 0 aromatic carbocycles. The van der Waals surface area contributed by atoms with E-state index in [9.17, 15) is 0 Å². The van der Waals surface area contributed by atoms with Crippen molar-refractivity contribution < 1.29 is 9.47 Å². The normalized spacial score (nSPS) is 24.7.